The third-order valence-electron chi connectivity index (χ3n) is 4.68. The number of aryl methyl sites for hydroxylation is 1. The van der Waals surface area contributed by atoms with Gasteiger partial charge in [0.25, 0.3) is 0 Å². The summed E-state index contributed by atoms with van der Waals surface area (Å²) < 4.78 is 18.5. The summed E-state index contributed by atoms with van der Waals surface area (Å²) in [7, 11) is 0. The number of hydrogen-bond acceptors (Lipinski definition) is 0. The first-order chi connectivity index (χ1) is 12.8. The number of benzene rings is 1. The second-order valence-electron chi connectivity index (χ2n) is 6.69. The minimum absolute atomic E-state index is 0.168. The van der Waals surface area contributed by atoms with Gasteiger partial charge in [0.15, 0.2) is 24.4 Å². The van der Waals surface area contributed by atoms with Crippen LogP contribution in [-0.4, -0.2) is 0 Å². The summed E-state index contributed by atoms with van der Waals surface area (Å²) in [6.07, 6.45) is 13.7. The van der Waals surface area contributed by atoms with Crippen molar-refractivity contribution in [3.8, 4) is 16.8 Å². The van der Waals surface area contributed by atoms with Crippen molar-refractivity contribution in [2.45, 2.75) is 45.6 Å². The monoisotopic (exact) mass is 350 g/mol. The number of pyridine rings is 2. The predicted octanol–water partition coefficient (Wildman–Crippen LogP) is 5.03. The molecule has 0 aliphatic heterocycles. The van der Waals surface area contributed by atoms with Crippen LogP contribution in [0.2, 0.25) is 0 Å². The zero-order valence-corrected chi connectivity index (χ0v) is 15.4. The Labute approximate surface area is 155 Å². The van der Waals surface area contributed by atoms with Gasteiger partial charge in [0.2, 0.25) is 11.9 Å². The summed E-state index contributed by atoms with van der Waals surface area (Å²) in [5, 5.41) is 0. The quantitative estimate of drug-likeness (QED) is 0.398. The van der Waals surface area contributed by atoms with Crippen molar-refractivity contribution in [2.24, 2.45) is 0 Å². The fraction of sp³-hybridized carbons (Fsp3) is 0.304. The van der Waals surface area contributed by atoms with Gasteiger partial charge in [-0.3, -0.25) is 0 Å². The highest BCUT2D eigenvalue weighted by molar-refractivity contribution is 5.61. The van der Waals surface area contributed by atoms with E-state index in [0.29, 0.717) is 5.56 Å². The van der Waals surface area contributed by atoms with Crippen LogP contribution in [0.25, 0.3) is 16.8 Å². The Balaban J connectivity index is 1.67. The molecule has 0 atom stereocenters. The minimum Gasteiger partial charge on any atom is -0.202 e. The maximum absolute atomic E-state index is 14.6. The fourth-order valence-corrected chi connectivity index (χ4v) is 3.16. The van der Waals surface area contributed by atoms with Gasteiger partial charge in [-0.1, -0.05) is 44.4 Å². The number of aromatic nitrogens is 2. The second-order valence-corrected chi connectivity index (χ2v) is 6.69. The van der Waals surface area contributed by atoms with E-state index in [1.165, 1.54) is 25.7 Å². The average Bonchev–Trinajstić information content (AvgIpc) is 2.69. The Hall–Kier alpha value is -2.55. The van der Waals surface area contributed by atoms with E-state index in [1.807, 2.05) is 76.3 Å². The molecule has 134 valence electrons. The molecule has 26 heavy (non-hydrogen) atoms. The molecule has 2 heterocycles. The summed E-state index contributed by atoms with van der Waals surface area (Å²) in [6.45, 7) is 3.09. The Morgan fingerprint density at radius 2 is 1.54 bits per heavy atom. The first-order valence-corrected chi connectivity index (χ1v) is 9.53. The second kappa shape index (κ2) is 9.23. The Kier molecular flexibility index (Phi) is 6.48. The molecule has 2 nitrogen and oxygen atoms in total. The third kappa shape index (κ3) is 4.75. The van der Waals surface area contributed by atoms with E-state index in [2.05, 4.69) is 6.92 Å². The number of para-hydroxylation sites is 1. The SMILES string of the molecule is CCCCCCC[n+]1ccc(-c2cc[n+](-c3ccccc3)cc2)c(F)c1. The summed E-state index contributed by atoms with van der Waals surface area (Å²) in [6, 6.07) is 15.9. The summed E-state index contributed by atoms with van der Waals surface area (Å²) in [4.78, 5) is 0. The van der Waals surface area contributed by atoms with Crippen LogP contribution in [-0.2, 0) is 6.54 Å². The zero-order chi connectivity index (χ0) is 18.2. The standard InChI is InChI=1S/C23H27FN2/c1-2-3-4-5-9-15-25-16-14-22(23(24)19-25)20-12-17-26(18-13-20)21-10-7-6-8-11-21/h6-8,10-14,16-19H,2-5,9,15H2,1H3/q+2. The topological polar surface area (TPSA) is 7.76 Å². The van der Waals surface area contributed by atoms with Crippen molar-refractivity contribution in [3.05, 3.63) is 79.1 Å². The van der Waals surface area contributed by atoms with Gasteiger partial charge in [-0.05, 0) is 12.0 Å². The molecule has 0 N–H and O–H groups in total. The predicted molar refractivity (Wildman–Crippen MR) is 102 cm³/mol. The van der Waals surface area contributed by atoms with E-state index in [0.717, 1.165) is 24.2 Å². The minimum atomic E-state index is -0.168. The van der Waals surface area contributed by atoms with E-state index in [-0.39, 0.29) is 5.82 Å². The van der Waals surface area contributed by atoms with Gasteiger partial charge in [0.1, 0.15) is 6.54 Å². The molecule has 0 saturated carbocycles. The molecule has 3 aromatic rings. The van der Waals surface area contributed by atoms with E-state index in [9.17, 15) is 4.39 Å². The molecular weight excluding hydrogens is 323 g/mol. The molecule has 0 bridgehead atoms. The van der Waals surface area contributed by atoms with Gasteiger partial charge in [-0.15, -0.1) is 0 Å². The van der Waals surface area contributed by atoms with Gasteiger partial charge in [0.05, 0.1) is 0 Å². The lowest BCUT2D eigenvalue weighted by atomic mass is 10.1. The van der Waals surface area contributed by atoms with E-state index >= 15 is 0 Å². The van der Waals surface area contributed by atoms with Crippen molar-refractivity contribution in [3.63, 3.8) is 0 Å². The normalized spacial score (nSPS) is 10.8. The van der Waals surface area contributed by atoms with Crippen molar-refractivity contribution in [1.29, 1.82) is 0 Å². The van der Waals surface area contributed by atoms with Gasteiger partial charge in [0, 0.05) is 42.3 Å². The highest BCUT2D eigenvalue weighted by Gasteiger charge is 2.13. The van der Waals surface area contributed by atoms with Gasteiger partial charge in [-0.25, -0.2) is 4.57 Å². The lowest BCUT2D eigenvalue weighted by Crippen LogP contribution is -2.33. The van der Waals surface area contributed by atoms with Crippen molar-refractivity contribution < 1.29 is 13.5 Å². The molecule has 1 aromatic carbocycles. The molecule has 0 saturated heterocycles. The maximum atomic E-state index is 14.6. The first-order valence-electron chi connectivity index (χ1n) is 9.53. The summed E-state index contributed by atoms with van der Waals surface area (Å²) in [5.41, 5.74) is 2.63. The molecule has 0 spiro atoms. The Bertz CT molecular complexity index is 813. The lowest BCUT2D eigenvalue weighted by molar-refractivity contribution is -0.698. The lowest BCUT2D eigenvalue weighted by Gasteiger charge is -2.03. The molecule has 0 aliphatic rings. The van der Waals surface area contributed by atoms with Crippen molar-refractivity contribution in [2.75, 3.05) is 0 Å². The molecule has 3 rings (SSSR count). The molecule has 3 heteroatoms. The van der Waals surface area contributed by atoms with Crippen LogP contribution in [0.15, 0.2) is 73.3 Å². The van der Waals surface area contributed by atoms with E-state index in [4.69, 9.17) is 0 Å². The third-order valence-corrected chi connectivity index (χ3v) is 4.68. The van der Waals surface area contributed by atoms with Gasteiger partial charge in [-0.2, -0.15) is 8.96 Å². The number of halogens is 1. The largest absolute Gasteiger partial charge is 0.210 e. The number of unbranched alkanes of at least 4 members (excludes halogenated alkanes) is 4. The van der Waals surface area contributed by atoms with Gasteiger partial charge < -0.3 is 0 Å². The molecule has 0 amide bonds. The van der Waals surface area contributed by atoms with Crippen LogP contribution in [0.3, 0.4) is 0 Å². The molecule has 0 unspecified atom stereocenters. The number of rotatable bonds is 8. The van der Waals surface area contributed by atoms with Crippen molar-refractivity contribution in [1.82, 2.24) is 0 Å². The fourth-order valence-electron chi connectivity index (χ4n) is 3.16. The Morgan fingerprint density at radius 1 is 0.808 bits per heavy atom. The van der Waals surface area contributed by atoms with Crippen LogP contribution < -0.4 is 9.13 Å². The smallest absolute Gasteiger partial charge is 0.202 e. The molecule has 0 aliphatic carbocycles. The van der Waals surface area contributed by atoms with Crippen molar-refractivity contribution >= 4 is 0 Å². The zero-order valence-electron chi connectivity index (χ0n) is 15.4. The highest BCUT2D eigenvalue weighted by atomic mass is 19.1. The Morgan fingerprint density at radius 3 is 2.23 bits per heavy atom. The molecule has 0 radical (unpaired) electrons. The van der Waals surface area contributed by atoms with E-state index in [1.54, 1.807) is 6.20 Å². The summed E-state index contributed by atoms with van der Waals surface area (Å²) >= 11 is 0. The van der Waals surface area contributed by atoms with Gasteiger partial charge >= 0.3 is 0 Å². The molecular formula is C23H27FN2+2. The van der Waals surface area contributed by atoms with Crippen LogP contribution in [0, 0.1) is 5.82 Å². The molecule has 2 aromatic heterocycles. The van der Waals surface area contributed by atoms with Crippen LogP contribution in [0.4, 0.5) is 4.39 Å². The number of nitrogens with zero attached hydrogens (tertiary/aromatic N) is 2. The average molecular weight is 350 g/mol. The number of hydrogen-bond donors (Lipinski definition) is 0. The highest BCUT2D eigenvalue weighted by Crippen LogP contribution is 2.20. The maximum Gasteiger partial charge on any atom is 0.210 e. The van der Waals surface area contributed by atoms with Crippen LogP contribution in [0.1, 0.15) is 39.0 Å². The van der Waals surface area contributed by atoms with Crippen LogP contribution >= 0.6 is 0 Å². The van der Waals surface area contributed by atoms with E-state index < -0.39 is 0 Å². The first kappa shape index (κ1) is 18.2. The summed E-state index contributed by atoms with van der Waals surface area (Å²) in [5.74, 6) is -0.168. The molecule has 0 fully saturated rings. The van der Waals surface area contributed by atoms with Crippen LogP contribution in [0.5, 0.6) is 0 Å².